The molecule has 3 fully saturated rings. The van der Waals surface area contributed by atoms with Crippen LogP contribution in [-0.2, 0) is 9.47 Å². The number of nitrogens with zero attached hydrogens (tertiary/aromatic N) is 2. The Labute approximate surface area is 159 Å². The molecule has 4 unspecified atom stereocenters. The van der Waals surface area contributed by atoms with Gasteiger partial charge >= 0.3 is 0 Å². The third kappa shape index (κ3) is 4.02. The lowest BCUT2D eigenvalue weighted by Gasteiger charge is -2.54. The average Bonchev–Trinajstić information content (AvgIpc) is 3.16. The molecule has 0 aromatic carbocycles. The molecule has 6 nitrogen and oxygen atoms in total. The van der Waals surface area contributed by atoms with Gasteiger partial charge < -0.3 is 20.1 Å². The van der Waals surface area contributed by atoms with E-state index < -0.39 is 0 Å². The molecule has 0 radical (unpaired) electrons. The number of guanidine groups is 1. The molecule has 0 bridgehead atoms. The normalized spacial score (nSPS) is 33.1. The van der Waals surface area contributed by atoms with Gasteiger partial charge in [0.2, 0.25) is 0 Å². The van der Waals surface area contributed by atoms with Crippen molar-refractivity contribution in [1.82, 2.24) is 15.5 Å². The van der Waals surface area contributed by atoms with Crippen LogP contribution in [0, 0.1) is 5.41 Å². The molecule has 1 heterocycles. The highest BCUT2D eigenvalue weighted by molar-refractivity contribution is 5.80. The van der Waals surface area contributed by atoms with Crippen LogP contribution in [0.15, 0.2) is 4.99 Å². The van der Waals surface area contributed by atoms with Crippen LogP contribution >= 0.6 is 0 Å². The van der Waals surface area contributed by atoms with Gasteiger partial charge in [0.1, 0.15) is 0 Å². The number of aliphatic imine (C=N–C) groups is 1. The Morgan fingerprint density at radius 1 is 1.38 bits per heavy atom. The van der Waals surface area contributed by atoms with E-state index in [9.17, 15) is 0 Å². The van der Waals surface area contributed by atoms with Crippen molar-refractivity contribution in [3.8, 4) is 0 Å². The van der Waals surface area contributed by atoms with E-state index in [0.717, 1.165) is 45.3 Å². The zero-order valence-corrected chi connectivity index (χ0v) is 17.1. The molecular weight excluding hydrogens is 328 g/mol. The van der Waals surface area contributed by atoms with Gasteiger partial charge in [0.15, 0.2) is 5.96 Å². The number of hydrogen-bond donors (Lipinski definition) is 2. The highest BCUT2D eigenvalue weighted by Gasteiger charge is 2.56. The SMILES string of the molecule is CCOC1CC(NC(=NC)NCC(C)N2CCOCC2C)C12CCCC2. The second-order valence-corrected chi connectivity index (χ2v) is 8.28. The predicted molar refractivity (Wildman–Crippen MR) is 106 cm³/mol. The Hall–Kier alpha value is -0.850. The highest BCUT2D eigenvalue weighted by atomic mass is 16.5. The molecule has 26 heavy (non-hydrogen) atoms. The minimum absolute atomic E-state index is 0.331. The maximum atomic E-state index is 6.03. The monoisotopic (exact) mass is 366 g/mol. The van der Waals surface area contributed by atoms with Crippen molar-refractivity contribution in [3.63, 3.8) is 0 Å². The summed E-state index contributed by atoms with van der Waals surface area (Å²) in [5.41, 5.74) is 0.331. The van der Waals surface area contributed by atoms with E-state index >= 15 is 0 Å². The zero-order chi connectivity index (χ0) is 18.6. The number of nitrogens with one attached hydrogen (secondary N) is 2. The fourth-order valence-electron chi connectivity index (χ4n) is 5.21. The van der Waals surface area contributed by atoms with E-state index in [-0.39, 0.29) is 0 Å². The summed E-state index contributed by atoms with van der Waals surface area (Å²) in [5, 5.41) is 7.26. The van der Waals surface area contributed by atoms with Crippen molar-refractivity contribution in [3.05, 3.63) is 0 Å². The van der Waals surface area contributed by atoms with Crippen molar-refractivity contribution in [2.75, 3.05) is 40.0 Å². The summed E-state index contributed by atoms with van der Waals surface area (Å²) in [6.07, 6.45) is 6.77. The van der Waals surface area contributed by atoms with Gasteiger partial charge in [-0.25, -0.2) is 0 Å². The minimum atomic E-state index is 0.331. The summed E-state index contributed by atoms with van der Waals surface area (Å²) < 4.78 is 11.6. The molecule has 1 spiro atoms. The lowest BCUT2D eigenvalue weighted by molar-refractivity contribution is -0.125. The summed E-state index contributed by atoms with van der Waals surface area (Å²) in [7, 11) is 1.87. The summed E-state index contributed by atoms with van der Waals surface area (Å²) >= 11 is 0. The maximum absolute atomic E-state index is 6.03. The molecule has 0 amide bonds. The van der Waals surface area contributed by atoms with Crippen molar-refractivity contribution < 1.29 is 9.47 Å². The average molecular weight is 367 g/mol. The van der Waals surface area contributed by atoms with E-state index in [4.69, 9.17) is 9.47 Å². The molecule has 1 saturated heterocycles. The third-order valence-electron chi connectivity index (χ3n) is 6.77. The lowest BCUT2D eigenvalue weighted by atomic mass is 9.60. The van der Waals surface area contributed by atoms with Crippen LogP contribution in [0.25, 0.3) is 0 Å². The van der Waals surface area contributed by atoms with E-state index in [1.54, 1.807) is 0 Å². The first kappa shape index (κ1) is 19.9. The number of ether oxygens (including phenoxy) is 2. The largest absolute Gasteiger partial charge is 0.379 e. The van der Waals surface area contributed by atoms with Gasteiger partial charge in [-0.2, -0.15) is 0 Å². The number of rotatable bonds is 6. The number of hydrogen-bond acceptors (Lipinski definition) is 4. The molecular formula is C20H38N4O2. The van der Waals surface area contributed by atoms with Gasteiger partial charge in [-0.3, -0.25) is 9.89 Å². The summed E-state index contributed by atoms with van der Waals surface area (Å²) in [6.45, 7) is 11.0. The van der Waals surface area contributed by atoms with Crippen molar-refractivity contribution in [1.29, 1.82) is 0 Å². The minimum Gasteiger partial charge on any atom is -0.379 e. The highest BCUT2D eigenvalue weighted by Crippen LogP contribution is 2.54. The van der Waals surface area contributed by atoms with E-state index in [1.165, 1.54) is 25.7 Å². The molecule has 3 aliphatic rings. The van der Waals surface area contributed by atoms with Gasteiger partial charge in [0.05, 0.1) is 19.3 Å². The molecule has 0 aromatic heterocycles. The lowest BCUT2D eigenvalue weighted by Crippen LogP contribution is -2.65. The van der Waals surface area contributed by atoms with Gasteiger partial charge in [0.25, 0.3) is 0 Å². The second-order valence-electron chi connectivity index (χ2n) is 8.28. The van der Waals surface area contributed by atoms with Gasteiger partial charge in [0, 0.05) is 50.3 Å². The Morgan fingerprint density at radius 3 is 2.81 bits per heavy atom. The molecule has 2 aliphatic carbocycles. The Kier molecular flexibility index (Phi) is 6.81. The van der Waals surface area contributed by atoms with E-state index in [0.29, 0.717) is 29.6 Å². The zero-order valence-electron chi connectivity index (χ0n) is 17.1. The van der Waals surface area contributed by atoms with Crippen LogP contribution in [0.2, 0.25) is 0 Å². The van der Waals surface area contributed by atoms with Crippen LogP contribution in [0.5, 0.6) is 0 Å². The molecule has 2 saturated carbocycles. The fourth-order valence-corrected chi connectivity index (χ4v) is 5.21. The Morgan fingerprint density at radius 2 is 2.15 bits per heavy atom. The Balaban J connectivity index is 1.50. The van der Waals surface area contributed by atoms with Gasteiger partial charge in [-0.15, -0.1) is 0 Å². The van der Waals surface area contributed by atoms with Crippen LogP contribution in [0.3, 0.4) is 0 Å². The third-order valence-corrected chi connectivity index (χ3v) is 6.77. The first-order valence-corrected chi connectivity index (χ1v) is 10.5. The quantitative estimate of drug-likeness (QED) is 0.556. The predicted octanol–water partition coefficient (Wildman–Crippen LogP) is 2.00. The first-order valence-electron chi connectivity index (χ1n) is 10.5. The molecule has 150 valence electrons. The molecule has 0 aromatic rings. The summed E-state index contributed by atoms with van der Waals surface area (Å²) in [5.74, 6) is 0.934. The summed E-state index contributed by atoms with van der Waals surface area (Å²) in [6, 6.07) is 1.44. The molecule has 3 rings (SSSR count). The Bertz CT molecular complexity index is 478. The van der Waals surface area contributed by atoms with Crippen molar-refractivity contribution in [2.24, 2.45) is 10.4 Å². The van der Waals surface area contributed by atoms with E-state index in [1.807, 2.05) is 7.05 Å². The van der Waals surface area contributed by atoms with Crippen molar-refractivity contribution in [2.45, 2.75) is 77.1 Å². The topological polar surface area (TPSA) is 58.1 Å². The van der Waals surface area contributed by atoms with Crippen LogP contribution in [-0.4, -0.2) is 75.0 Å². The molecule has 4 atom stereocenters. The fraction of sp³-hybridized carbons (Fsp3) is 0.950. The standard InChI is InChI=1S/C20H38N4O2/c1-5-26-18-12-17(20(18)8-6-7-9-20)23-19(21-4)22-13-15(2)24-10-11-25-14-16(24)3/h15-18H,5-14H2,1-4H3,(H2,21,22,23). The van der Waals surface area contributed by atoms with Crippen LogP contribution < -0.4 is 10.6 Å². The smallest absolute Gasteiger partial charge is 0.191 e. The van der Waals surface area contributed by atoms with Crippen molar-refractivity contribution >= 4 is 5.96 Å². The van der Waals surface area contributed by atoms with Gasteiger partial charge in [-0.05, 0) is 40.0 Å². The maximum Gasteiger partial charge on any atom is 0.191 e. The van der Waals surface area contributed by atoms with Gasteiger partial charge in [-0.1, -0.05) is 12.8 Å². The first-order chi connectivity index (χ1) is 12.6. The van der Waals surface area contributed by atoms with E-state index in [2.05, 4.69) is 41.3 Å². The molecule has 2 N–H and O–H groups in total. The second kappa shape index (κ2) is 8.89. The van der Waals surface area contributed by atoms with Crippen LogP contribution in [0.4, 0.5) is 0 Å². The molecule has 6 heteroatoms. The molecule has 1 aliphatic heterocycles. The number of morpholine rings is 1. The van der Waals surface area contributed by atoms with Crippen LogP contribution in [0.1, 0.15) is 52.9 Å². The summed E-state index contributed by atoms with van der Waals surface area (Å²) in [4.78, 5) is 7.01.